The van der Waals surface area contributed by atoms with Crippen LogP contribution in [-0.2, 0) is 33.3 Å². The van der Waals surface area contributed by atoms with Gasteiger partial charge in [-0.3, -0.25) is 9.59 Å². The van der Waals surface area contributed by atoms with E-state index in [4.69, 9.17) is 23.7 Å². The van der Waals surface area contributed by atoms with Gasteiger partial charge < -0.3 is 44.1 Å². The highest BCUT2D eigenvalue weighted by Crippen LogP contribution is 2.54. The molecule has 4 saturated heterocycles. The summed E-state index contributed by atoms with van der Waals surface area (Å²) in [7, 11) is 0. The van der Waals surface area contributed by atoms with Crippen molar-refractivity contribution in [1.29, 1.82) is 0 Å². The summed E-state index contributed by atoms with van der Waals surface area (Å²) in [6.45, 7) is 19.6. The lowest BCUT2D eigenvalue weighted by molar-refractivity contribution is -0.409. The lowest BCUT2D eigenvalue weighted by Gasteiger charge is -2.54. The van der Waals surface area contributed by atoms with Crippen molar-refractivity contribution in [3.8, 4) is 0 Å². The molecule has 5 rings (SSSR count). The lowest BCUT2D eigenvalue weighted by Crippen LogP contribution is -2.63. The maximum absolute atomic E-state index is 14.4. The zero-order valence-corrected chi connectivity index (χ0v) is 34.0. The maximum atomic E-state index is 14.4. The average molecular weight is 751 g/mol. The van der Waals surface area contributed by atoms with E-state index in [9.17, 15) is 30.0 Å². The Balaban J connectivity index is 1.31. The second-order valence-electron chi connectivity index (χ2n) is 17.9. The Hall–Kier alpha value is -1.44. The van der Waals surface area contributed by atoms with Crippen LogP contribution in [0, 0.1) is 41.4 Å². The van der Waals surface area contributed by atoms with E-state index in [2.05, 4.69) is 20.8 Å². The highest BCUT2D eigenvalue weighted by Gasteiger charge is 2.63. The molecule has 0 aromatic heterocycles. The van der Waals surface area contributed by atoms with Gasteiger partial charge in [-0.1, -0.05) is 55.4 Å². The number of aliphatic carboxylic acids is 1. The van der Waals surface area contributed by atoms with E-state index in [0.29, 0.717) is 57.8 Å². The number of ketones is 1. The second-order valence-corrected chi connectivity index (χ2v) is 17.9. The third-order valence-corrected chi connectivity index (χ3v) is 14.4. The van der Waals surface area contributed by atoms with E-state index in [1.165, 1.54) is 0 Å². The van der Waals surface area contributed by atoms with Crippen molar-refractivity contribution in [2.75, 3.05) is 0 Å². The minimum atomic E-state index is -1.37. The Bertz CT molecular complexity index is 1320. The first-order chi connectivity index (χ1) is 24.8. The Labute approximate surface area is 317 Å². The smallest absolute Gasteiger partial charge is 0.309 e. The molecule has 5 aliphatic rings. The van der Waals surface area contributed by atoms with Gasteiger partial charge in [0.15, 0.2) is 5.79 Å². The summed E-state index contributed by atoms with van der Waals surface area (Å²) in [5.74, 6) is -5.78. The SMILES string of the molecule is CC[C@@H](C(=O)O)C1CC[C@H](C)[C@H]([C@@H](C)[C@H](O)[C@H](C)C(=O)[C@H](CC)[C@H]2O[C@@]3(C=C[C@@H](O)[C@@]4(CC[C@@](C)([C@H]5CC[C@](O)(CC)[C@H](C)O5)O4)O3)[C@H](C)C[C@@H]2C)O1. The molecule has 0 saturated carbocycles. The van der Waals surface area contributed by atoms with Gasteiger partial charge in [0, 0.05) is 30.1 Å². The van der Waals surface area contributed by atoms with Crippen molar-refractivity contribution in [1.82, 2.24) is 0 Å². The maximum Gasteiger partial charge on any atom is 0.309 e. The molecule has 2 spiro atoms. The lowest BCUT2D eigenvalue weighted by atomic mass is 9.72. The molecule has 1 unspecified atom stereocenters. The Kier molecular flexibility index (Phi) is 13.0. The molecule has 0 aliphatic carbocycles. The molecule has 0 radical (unpaired) electrons. The fourth-order valence-corrected chi connectivity index (χ4v) is 10.5. The van der Waals surface area contributed by atoms with Crippen LogP contribution in [0.15, 0.2) is 12.2 Å². The quantitative estimate of drug-likeness (QED) is 0.169. The van der Waals surface area contributed by atoms with Crippen LogP contribution in [0.2, 0.25) is 0 Å². The monoisotopic (exact) mass is 750 g/mol. The Morgan fingerprint density at radius 2 is 1.57 bits per heavy atom. The Morgan fingerprint density at radius 1 is 0.887 bits per heavy atom. The number of carboxylic acid groups (broad SMARTS) is 1. The van der Waals surface area contributed by atoms with Gasteiger partial charge in [-0.05, 0) is 95.6 Å². The summed E-state index contributed by atoms with van der Waals surface area (Å²) >= 11 is 0. The molecule has 304 valence electrons. The molecule has 0 aromatic carbocycles. The van der Waals surface area contributed by atoms with Crippen molar-refractivity contribution in [3.05, 3.63) is 12.2 Å². The van der Waals surface area contributed by atoms with Gasteiger partial charge in [0.1, 0.15) is 11.9 Å². The van der Waals surface area contributed by atoms with Crippen LogP contribution in [0.25, 0.3) is 0 Å². The molecular weight excluding hydrogens is 680 g/mol. The molecule has 11 nitrogen and oxygen atoms in total. The summed E-state index contributed by atoms with van der Waals surface area (Å²) in [6, 6.07) is 0. The third-order valence-electron chi connectivity index (χ3n) is 14.4. The first kappa shape index (κ1) is 42.7. The fourth-order valence-electron chi connectivity index (χ4n) is 10.5. The van der Waals surface area contributed by atoms with Crippen molar-refractivity contribution >= 4 is 11.8 Å². The van der Waals surface area contributed by atoms with Crippen LogP contribution in [0.3, 0.4) is 0 Å². The molecule has 18 atom stereocenters. The molecule has 5 heterocycles. The second kappa shape index (κ2) is 16.2. The number of aliphatic hydroxyl groups excluding tert-OH is 2. The first-order valence-electron chi connectivity index (χ1n) is 20.7. The summed E-state index contributed by atoms with van der Waals surface area (Å²) < 4.78 is 33.5. The van der Waals surface area contributed by atoms with Gasteiger partial charge in [0.25, 0.3) is 0 Å². The third kappa shape index (κ3) is 7.94. The molecule has 5 aliphatic heterocycles. The number of hydrogen-bond acceptors (Lipinski definition) is 10. The number of carboxylic acids is 1. The fraction of sp³-hybridized carbons (Fsp3) is 0.905. The van der Waals surface area contributed by atoms with E-state index in [1.54, 1.807) is 19.1 Å². The van der Waals surface area contributed by atoms with Gasteiger partial charge in [-0.15, -0.1) is 0 Å². The largest absolute Gasteiger partial charge is 0.481 e. The molecule has 11 heteroatoms. The number of carbonyl (C=O) groups is 2. The number of hydrogen-bond donors (Lipinski definition) is 4. The Morgan fingerprint density at radius 3 is 2.17 bits per heavy atom. The van der Waals surface area contributed by atoms with E-state index < -0.39 is 76.8 Å². The van der Waals surface area contributed by atoms with Crippen LogP contribution in [0.4, 0.5) is 0 Å². The number of rotatable bonds is 12. The van der Waals surface area contributed by atoms with Crippen LogP contribution in [0.5, 0.6) is 0 Å². The van der Waals surface area contributed by atoms with Crippen LogP contribution >= 0.6 is 0 Å². The van der Waals surface area contributed by atoms with Crippen molar-refractivity contribution in [2.45, 2.75) is 199 Å². The highest BCUT2D eigenvalue weighted by atomic mass is 16.8. The summed E-state index contributed by atoms with van der Waals surface area (Å²) in [4.78, 5) is 26.4. The number of ether oxygens (including phenoxy) is 5. The van der Waals surface area contributed by atoms with Crippen molar-refractivity contribution < 1.29 is 53.7 Å². The number of aliphatic hydroxyl groups is 3. The predicted octanol–water partition coefficient (Wildman–Crippen LogP) is 6.19. The van der Waals surface area contributed by atoms with Crippen LogP contribution < -0.4 is 0 Å². The normalized spacial score (nSPS) is 46.2. The van der Waals surface area contributed by atoms with Gasteiger partial charge in [-0.2, -0.15) is 0 Å². The standard InChI is InChI=1S/C42H70O11/c1-11-29(38(46)47)31-15-14-23(4)36(50-31)27(8)34(44)26(7)35(45)30(12-2)37-24(5)22-25(6)41(51-37)19-16-32(43)42(53-41)21-20-39(10,52-42)33-17-18-40(48,13-3)28(9)49-33/h16,19,23-34,36-37,43-44,48H,11-15,17-18,20-22H2,1-10H3,(H,46,47)/t23-,24-,25+,26-,27-,28-,29+,30-,31?,32+,33+,34+,36+,37-,39-,40+,41+,42+/m0/s1. The average Bonchev–Trinajstić information content (AvgIpc) is 3.47. The van der Waals surface area contributed by atoms with Gasteiger partial charge in [0.2, 0.25) is 5.79 Å². The summed E-state index contributed by atoms with van der Waals surface area (Å²) in [6.07, 6.45) is 5.51. The minimum absolute atomic E-state index is 0.0137. The van der Waals surface area contributed by atoms with Crippen molar-refractivity contribution in [2.24, 2.45) is 41.4 Å². The van der Waals surface area contributed by atoms with E-state index >= 15 is 0 Å². The molecular formula is C42H70O11. The molecule has 0 amide bonds. The minimum Gasteiger partial charge on any atom is -0.481 e. The first-order valence-corrected chi connectivity index (χ1v) is 20.7. The highest BCUT2D eigenvalue weighted by molar-refractivity contribution is 5.84. The summed E-state index contributed by atoms with van der Waals surface area (Å²) in [5.41, 5.74) is -1.63. The van der Waals surface area contributed by atoms with Crippen LogP contribution in [-0.4, -0.2) is 97.7 Å². The zero-order valence-electron chi connectivity index (χ0n) is 34.0. The van der Waals surface area contributed by atoms with E-state index in [-0.39, 0.29) is 41.8 Å². The number of carbonyl (C=O) groups excluding carboxylic acids is 1. The van der Waals surface area contributed by atoms with E-state index in [1.807, 2.05) is 41.5 Å². The van der Waals surface area contributed by atoms with Gasteiger partial charge >= 0.3 is 5.97 Å². The summed E-state index contributed by atoms with van der Waals surface area (Å²) in [5, 5.41) is 44.0. The molecule has 0 aromatic rings. The molecule has 0 bridgehead atoms. The molecule has 4 fully saturated rings. The van der Waals surface area contributed by atoms with Gasteiger partial charge in [0.05, 0.1) is 53.7 Å². The van der Waals surface area contributed by atoms with Crippen molar-refractivity contribution in [3.63, 3.8) is 0 Å². The van der Waals surface area contributed by atoms with Crippen LogP contribution in [0.1, 0.15) is 133 Å². The van der Waals surface area contributed by atoms with Gasteiger partial charge in [-0.25, -0.2) is 0 Å². The van der Waals surface area contributed by atoms with E-state index in [0.717, 1.165) is 6.42 Å². The molecule has 53 heavy (non-hydrogen) atoms. The zero-order chi connectivity index (χ0) is 39.3. The topological polar surface area (TPSA) is 161 Å². The number of Topliss-reactive ketones (excluding diaryl/α,β-unsaturated/α-hetero) is 1. The molecule has 4 N–H and O–H groups in total. The predicted molar refractivity (Wildman–Crippen MR) is 199 cm³/mol.